The molecule has 1 fully saturated rings. The van der Waals surface area contributed by atoms with Crippen LogP contribution in [0.15, 0.2) is 59.4 Å². The zero-order valence-electron chi connectivity index (χ0n) is 18.3. The third kappa shape index (κ3) is 3.93. The van der Waals surface area contributed by atoms with Crippen molar-refractivity contribution in [1.82, 2.24) is 20.0 Å². The van der Waals surface area contributed by atoms with Gasteiger partial charge in [0.05, 0.1) is 12.1 Å². The lowest BCUT2D eigenvalue weighted by Crippen LogP contribution is -2.49. The van der Waals surface area contributed by atoms with Crippen LogP contribution in [-0.4, -0.2) is 52.1 Å². The molecule has 2 aromatic carbocycles. The Morgan fingerprint density at radius 2 is 1.78 bits per heavy atom. The Labute approximate surface area is 186 Å². The molecular weight excluding hydrogens is 402 g/mol. The number of carbonyl (C=O) groups excluding carboxylic acids is 1. The Bertz CT molecular complexity index is 1260. The van der Waals surface area contributed by atoms with Crippen LogP contribution in [0.25, 0.3) is 22.2 Å². The van der Waals surface area contributed by atoms with Gasteiger partial charge in [-0.15, -0.1) is 0 Å². The fraction of sp³-hybridized carbons (Fsp3) is 0.280. The molecule has 7 heteroatoms. The number of carbonyl (C=O) groups is 1. The second-order valence-corrected chi connectivity index (χ2v) is 8.26. The Kier molecular flexibility index (Phi) is 5.31. The summed E-state index contributed by atoms with van der Waals surface area (Å²) in [6.45, 7) is 6.82. The van der Waals surface area contributed by atoms with Gasteiger partial charge in [0.2, 0.25) is 5.91 Å². The van der Waals surface area contributed by atoms with E-state index >= 15 is 0 Å². The molecule has 0 atom stereocenters. The van der Waals surface area contributed by atoms with Crippen LogP contribution >= 0.6 is 0 Å². The van der Waals surface area contributed by atoms with Crippen molar-refractivity contribution < 1.29 is 9.32 Å². The second kappa shape index (κ2) is 8.42. The van der Waals surface area contributed by atoms with Gasteiger partial charge in [-0.1, -0.05) is 41.6 Å². The first-order valence-electron chi connectivity index (χ1n) is 10.8. The summed E-state index contributed by atoms with van der Waals surface area (Å²) in [6, 6.07) is 16.2. The average Bonchev–Trinajstić information content (AvgIpc) is 3.22. The number of nitrogens with zero attached hydrogens (tertiary/aromatic N) is 5. The van der Waals surface area contributed by atoms with Gasteiger partial charge in [-0.05, 0) is 31.0 Å². The van der Waals surface area contributed by atoms with Gasteiger partial charge in [-0.25, -0.2) is 9.97 Å². The van der Waals surface area contributed by atoms with Gasteiger partial charge in [0, 0.05) is 43.2 Å². The number of rotatable bonds is 4. The summed E-state index contributed by atoms with van der Waals surface area (Å²) in [7, 11) is 0. The highest BCUT2D eigenvalue weighted by molar-refractivity contribution is 5.88. The molecule has 0 radical (unpaired) electrons. The number of aryl methyl sites for hydroxylation is 2. The number of anilines is 1. The molecule has 0 unspecified atom stereocenters. The Balaban J connectivity index is 1.25. The van der Waals surface area contributed by atoms with Crippen LogP contribution in [0.2, 0.25) is 0 Å². The summed E-state index contributed by atoms with van der Waals surface area (Å²) in [4.78, 5) is 25.9. The molecule has 1 amide bonds. The molecule has 162 valence electrons. The summed E-state index contributed by atoms with van der Waals surface area (Å²) in [5.74, 6) is 0.965. The van der Waals surface area contributed by atoms with Crippen LogP contribution in [0.3, 0.4) is 0 Å². The predicted octanol–water partition coefficient (Wildman–Crippen LogP) is 3.79. The van der Waals surface area contributed by atoms with E-state index in [-0.39, 0.29) is 12.3 Å². The Morgan fingerprint density at radius 1 is 1.00 bits per heavy atom. The molecule has 5 rings (SSSR count). The highest BCUT2D eigenvalue weighted by Gasteiger charge is 2.24. The van der Waals surface area contributed by atoms with Crippen molar-refractivity contribution >= 4 is 22.7 Å². The van der Waals surface area contributed by atoms with E-state index in [2.05, 4.69) is 26.1 Å². The van der Waals surface area contributed by atoms with Crippen molar-refractivity contribution in [2.24, 2.45) is 0 Å². The maximum absolute atomic E-state index is 13.0. The zero-order valence-corrected chi connectivity index (χ0v) is 18.3. The Hall–Kier alpha value is -3.74. The fourth-order valence-corrected chi connectivity index (χ4v) is 4.37. The number of hydrogen-bond acceptors (Lipinski definition) is 6. The molecular formula is C25H25N5O2. The lowest BCUT2D eigenvalue weighted by Gasteiger charge is -2.35. The van der Waals surface area contributed by atoms with E-state index in [0.717, 1.165) is 52.3 Å². The molecule has 1 saturated heterocycles. The molecule has 2 aromatic heterocycles. The van der Waals surface area contributed by atoms with E-state index < -0.39 is 0 Å². The van der Waals surface area contributed by atoms with Gasteiger partial charge in [0.15, 0.2) is 5.58 Å². The largest absolute Gasteiger partial charge is 0.356 e. The average molecular weight is 428 g/mol. The molecule has 0 aliphatic carbocycles. The standard InChI is InChI=1S/C25H25N5O2/c1-17-12-18(2)25-21(28-32-22(25)13-17)15-24(31)30-10-8-29(9-11-30)23-14-20(26-16-27-23)19-6-4-3-5-7-19/h3-7,12-14,16H,8-11,15H2,1-2H3. The number of amides is 1. The summed E-state index contributed by atoms with van der Waals surface area (Å²) < 4.78 is 5.48. The van der Waals surface area contributed by atoms with Crippen molar-refractivity contribution in [3.8, 4) is 11.3 Å². The van der Waals surface area contributed by atoms with Crippen molar-refractivity contribution in [1.29, 1.82) is 0 Å². The molecule has 4 aromatic rings. The topological polar surface area (TPSA) is 75.4 Å². The van der Waals surface area contributed by atoms with E-state index in [4.69, 9.17) is 4.52 Å². The van der Waals surface area contributed by atoms with E-state index in [1.165, 1.54) is 0 Å². The predicted molar refractivity (Wildman–Crippen MR) is 123 cm³/mol. The molecule has 0 N–H and O–H groups in total. The van der Waals surface area contributed by atoms with Gasteiger partial charge in [-0.2, -0.15) is 0 Å². The second-order valence-electron chi connectivity index (χ2n) is 8.26. The van der Waals surface area contributed by atoms with Gasteiger partial charge in [-0.3, -0.25) is 4.79 Å². The quantitative estimate of drug-likeness (QED) is 0.493. The molecule has 3 heterocycles. The molecule has 1 aliphatic heterocycles. The molecule has 0 saturated carbocycles. The molecule has 0 spiro atoms. The SMILES string of the molecule is Cc1cc(C)c2c(CC(=O)N3CCN(c4cc(-c5ccccc5)ncn4)CC3)noc2c1. The first kappa shape index (κ1) is 20.2. The van der Waals surface area contributed by atoms with E-state index in [1.807, 2.05) is 61.2 Å². The summed E-state index contributed by atoms with van der Waals surface area (Å²) in [5.41, 5.74) is 5.64. The minimum atomic E-state index is 0.0764. The monoisotopic (exact) mass is 427 g/mol. The molecule has 32 heavy (non-hydrogen) atoms. The van der Waals surface area contributed by atoms with Crippen LogP contribution < -0.4 is 4.90 Å². The first-order valence-corrected chi connectivity index (χ1v) is 10.8. The van der Waals surface area contributed by atoms with Gasteiger partial charge in [0.25, 0.3) is 0 Å². The highest BCUT2D eigenvalue weighted by atomic mass is 16.5. The highest BCUT2D eigenvalue weighted by Crippen LogP contribution is 2.25. The minimum absolute atomic E-state index is 0.0764. The summed E-state index contributed by atoms with van der Waals surface area (Å²) in [5, 5.41) is 5.14. The molecule has 7 nitrogen and oxygen atoms in total. The normalized spacial score (nSPS) is 14.2. The maximum Gasteiger partial charge on any atom is 0.228 e. The number of benzene rings is 2. The number of piperazine rings is 1. The fourth-order valence-electron chi connectivity index (χ4n) is 4.37. The van der Waals surface area contributed by atoms with Crippen LogP contribution in [0.5, 0.6) is 0 Å². The lowest BCUT2D eigenvalue weighted by atomic mass is 10.0. The molecule has 0 bridgehead atoms. The lowest BCUT2D eigenvalue weighted by molar-refractivity contribution is -0.130. The van der Waals surface area contributed by atoms with Gasteiger partial charge >= 0.3 is 0 Å². The van der Waals surface area contributed by atoms with Crippen LogP contribution in [-0.2, 0) is 11.2 Å². The third-order valence-electron chi connectivity index (χ3n) is 5.98. The first-order chi connectivity index (χ1) is 15.6. The van der Waals surface area contributed by atoms with Crippen molar-refractivity contribution in [2.75, 3.05) is 31.1 Å². The van der Waals surface area contributed by atoms with Crippen LogP contribution in [0.4, 0.5) is 5.82 Å². The van der Waals surface area contributed by atoms with Gasteiger partial charge in [0.1, 0.15) is 17.8 Å². The van der Waals surface area contributed by atoms with Gasteiger partial charge < -0.3 is 14.3 Å². The molecule has 1 aliphatic rings. The van der Waals surface area contributed by atoms with E-state index in [9.17, 15) is 4.79 Å². The number of aromatic nitrogens is 3. The minimum Gasteiger partial charge on any atom is -0.356 e. The number of hydrogen-bond donors (Lipinski definition) is 0. The number of fused-ring (bicyclic) bond motifs is 1. The smallest absolute Gasteiger partial charge is 0.228 e. The van der Waals surface area contributed by atoms with E-state index in [1.54, 1.807) is 6.33 Å². The van der Waals surface area contributed by atoms with Crippen molar-refractivity contribution in [2.45, 2.75) is 20.3 Å². The van der Waals surface area contributed by atoms with Crippen molar-refractivity contribution in [3.05, 3.63) is 71.7 Å². The van der Waals surface area contributed by atoms with E-state index in [0.29, 0.717) is 18.8 Å². The summed E-state index contributed by atoms with van der Waals surface area (Å²) in [6.07, 6.45) is 1.86. The van der Waals surface area contributed by atoms with Crippen LogP contribution in [0.1, 0.15) is 16.8 Å². The zero-order chi connectivity index (χ0) is 22.1. The third-order valence-corrected chi connectivity index (χ3v) is 5.98. The van der Waals surface area contributed by atoms with Crippen molar-refractivity contribution in [3.63, 3.8) is 0 Å². The maximum atomic E-state index is 13.0. The Morgan fingerprint density at radius 3 is 2.56 bits per heavy atom. The summed E-state index contributed by atoms with van der Waals surface area (Å²) >= 11 is 0. The van der Waals surface area contributed by atoms with Crippen LogP contribution in [0, 0.1) is 13.8 Å².